The van der Waals surface area contributed by atoms with E-state index in [2.05, 4.69) is 0 Å². The Morgan fingerprint density at radius 1 is 1.29 bits per heavy atom. The number of rotatable bonds is 3. The van der Waals surface area contributed by atoms with E-state index in [1.165, 1.54) is 6.07 Å². The first-order valence-corrected chi connectivity index (χ1v) is 8.57. The van der Waals surface area contributed by atoms with Gasteiger partial charge in [0.05, 0.1) is 0 Å². The maximum atomic E-state index is 13.9. The highest BCUT2D eigenvalue weighted by Crippen LogP contribution is 2.39. The summed E-state index contributed by atoms with van der Waals surface area (Å²) in [4.78, 5) is 15.1. The summed E-state index contributed by atoms with van der Waals surface area (Å²) in [7, 11) is 0. The number of benzene rings is 1. The Labute approximate surface area is 131 Å². The summed E-state index contributed by atoms with van der Waals surface area (Å²) in [6.07, 6.45) is 3.39. The fourth-order valence-corrected chi connectivity index (χ4v) is 4.17. The van der Waals surface area contributed by atoms with Crippen LogP contribution in [0, 0.1) is 5.82 Å². The number of hydrogen-bond donors (Lipinski definition) is 0. The summed E-state index contributed by atoms with van der Waals surface area (Å²) in [5.74, 6) is 0.510. The summed E-state index contributed by atoms with van der Waals surface area (Å²) < 4.78 is 13.9. The fraction of sp³-hybridized carbons (Fsp3) is 0.188. The molecule has 1 atom stereocenters. The van der Waals surface area contributed by atoms with Crippen molar-refractivity contribution in [2.24, 2.45) is 0 Å². The number of carbonyl (C=O) groups excluding carboxylic acids is 1. The van der Waals surface area contributed by atoms with Gasteiger partial charge >= 0.3 is 0 Å². The Hall–Kier alpha value is -1.59. The maximum absolute atomic E-state index is 13.9. The van der Waals surface area contributed by atoms with Gasteiger partial charge in [0.2, 0.25) is 5.91 Å². The van der Waals surface area contributed by atoms with E-state index in [1.54, 1.807) is 52.3 Å². The molecule has 0 N–H and O–H groups in total. The molecule has 2 heterocycles. The van der Waals surface area contributed by atoms with Gasteiger partial charge in [-0.3, -0.25) is 4.79 Å². The first-order valence-electron chi connectivity index (χ1n) is 6.64. The molecule has 0 aliphatic carbocycles. The minimum absolute atomic E-state index is 0.0679. The largest absolute Gasteiger partial charge is 0.322 e. The van der Waals surface area contributed by atoms with Gasteiger partial charge in [-0.1, -0.05) is 24.3 Å². The van der Waals surface area contributed by atoms with Gasteiger partial charge in [-0.15, -0.1) is 23.1 Å². The Morgan fingerprint density at radius 3 is 2.90 bits per heavy atom. The lowest BCUT2D eigenvalue weighted by Gasteiger charge is -2.23. The van der Waals surface area contributed by atoms with E-state index >= 15 is 0 Å². The molecule has 2 nitrogen and oxygen atoms in total. The SMILES string of the molecule is O=C(C=Cc1cccs1)N1CCSC1c1ccccc1F. The van der Waals surface area contributed by atoms with E-state index in [9.17, 15) is 9.18 Å². The van der Waals surface area contributed by atoms with Crippen molar-refractivity contribution in [3.63, 3.8) is 0 Å². The normalized spacial score (nSPS) is 18.5. The van der Waals surface area contributed by atoms with Crippen molar-refractivity contribution in [2.75, 3.05) is 12.3 Å². The molecular formula is C16H14FNOS2. The highest BCUT2D eigenvalue weighted by molar-refractivity contribution is 7.99. The average molecular weight is 319 g/mol. The molecule has 0 spiro atoms. The molecule has 2 aromatic rings. The second kappa shape index (κ2) is 6.45. The van der Waals surface area contributed by atoms with Crippen LogP contribution in [0.4, 0.5) is 4.39 Å². The summed E-state index contributed by atoms with van der Waals surface area (Å²) in [6, 6.07) is 10.6. The topological polar surface area (TPSA) is 20.3 Å². The molecule has 0 saturated carbocycles. The lowest BCUT2D eigenvalue weighted by atomic mass is 10.2. The summed E-state index contributed by atoms with van der Waals surface area (Å²) in [5, 5.41) is 1.74. The standard InChI is InChI=1S/C16H14FNOS2/c17-14-6-2-1-5-13(14)16-18(9-11-21-16)15(19)8-7-12-4-3-10-20-12/h1-8,10,16H,9,11H2. The number of halogens is 1. The van der Waals surface area contributed by atoms with E-state index < -0.39 is 0 Å². The monoisotopic (exact) mass is 319 g/mol. The zero-order valence-electron chi connectivity index (χ0n) is 11.2. The summed E-state index contributed by atoms with van der Waals surface area (Å²) >= 11 is 3.19. The first-order chi connectivity index (χ1) is 10.3. The number of amides is 1. The van der Waals surface area contributed by atoms with Crippen LogP contribution in [0.3, 0.4) is 0 Å². The molecule has 5 heteroatoms. The van der Waals surface area contributed by atoms with Crippen LogP contribution in [0.1, 0.15) is 15.8 Å². The van der Waals surface area contributed by atoms with Gasteiger partial charge in [0.15, 0.2) is 0 Å². The van der Waals surface area contributed by atoms with E-state index in [0.29, 0.717) is 12.1 Å². The molecule has 21 heavy (non-hydrogen) atoms. The van der Waals surface area contributed by atoms with E-state index in [0.717, 1.165) is 10.6 Å². The third-order valence-electron chi connectivity index (χ3n) is 3.28. The summed E-state index contributed by atoms with van der Waals surface area (Å²) in [6.45, 7) is 0.650. The molecule has 1 saturated heterocycles. The van der Waals surface area contributed by atoms with Gasteiger partial charge in [0.1, 0.15) is 11.2 Å². The van der Waals surface area contributed by atoms with E-state index in [1.807, 2.05) is 23.6 Å². The Morgan fingerprint density at radius 2 is 2.14 bits per heavy atom. The highest BCUT2D eigenvalue weighted by Gasteiger charge is 2.31. The molecular weight excluding hydrogens is 305 g/mol. The minimum atomic E-state index is -0.253. The van der Waals surface area contributed by atoms with Gasteiger partial charge in [0.25, 0.3) is 0 Å². The van der Waals surface area contributed by atoms with Gasteiger partial charge in [-0.2, -0.15) is 0 Å². The second-order valence-electron chi connectivity index (χ2n) is 4.63. The van der Waals surface area contributed by atoms with Crippen LogP contribution in [-0.2, 0) is 4.79 Å². The first kappa shape index (κ1) is 14.4. The quantitative estimate of drug-likeness (QED) is 0.791. The van der Waals surface area contributed by atoms with Crippen LogP contribution in [0.25, 0.3) is 6.08 Å². The van der Waals surface area contributed by atoms with Crippen molar-refractivity contribution in [2.45, 2.75) is 5.37 Å². The van der Waals surface area contributed by atoms with Crippen molar-refractivity contribution >= 4 is 35.1 Å². The Balaban J connectivity index is 1.78. The second-order valence-corrected chi connectivity index (χ2v) is 6.79. The van der Waals surface area contributed by atoms with Crippen LogP contribution in [0.15, 0.2) is 47.9 Å². The Bertz CT molecular complexity index is 654. The van der Waals surface area contributed by atoms with Crippen molar-refractivity contribution < 1.29 is 9.18 Å². The number of nitrogens with zero attached hydrogens (tertiary/aromatic N) is 1. The minimum Gasteiger partial charge on any atom is -0.322 e. The zero-order valence-corrected chi connectivity index (χ0v) is 12.9. The molecule has 0 bridgehead atoms. The third kappa shape index (κ3) is 3.19. The fourth-order valence-electron chi connectivity index (χ4n) is 2.26. The molecule has 1 unspecified atom stereocenters. The van der Waals surface area contributed by atoms with E-state index in [-0.39, 0.29) is 17.1 Å². The number of carbonyl (C=O) groups is 1. The molecule has 1 aliphatic heterocycles. The van der Waals surface area contributed by atoms with Gasteiger partial charge in [-0.05, 0) is 23.6 Å². The number of thiophene rings is 1. The van der Waals surface area contributed by atoms with Crippen LogP contribution in [-0.4, -0.2) is 23.1 Å². The predicted octanol–water partition coefficient (Wildman–Crippen LogP) is 4.17. The van der Waals surface area contributed by atoms with Crippen LogP contribution in [0.5, 0.6) is 0 Å². The molecule has 1 amide bonds. The summed E-state index contributed by atoms with van der Waals surface area (Å²) in [5.41, 5.74) is 0.581. The predicted molar refractivity (Wildman–Crippen MR) is 86.7 cm³/mol. The van der Waals surface area contributed by atoms with Gasteiger partial charge in [-0.25, -0.2) is 4.39 Å². The molecule has 1 aromatic carbocycles. The smallest absolute Gasteiger partial charge is 0.247 e. The molecule has 3 rings (SSSR count). The third-order valence-corrected chi connectivity index (χ3v) is 5.36. The molecule has 1 aliphatic rings. The van der Waals surface area contributed by atoms with Crippen molar-refractivity contribution in [3.05, 3.63) is 64.1 Å². The van der Waals surface area contributed by atoms with Crippen molar-refractivity contribution in [1.82, 2.24) is 4.90 Å². The van der Waals surface area contributed by atoms with Gasteiger partial charge in [0, 0.05) is 28.8 Å². The molecule has 1 fully saturated rings. The lowest BCUT2D eigenvalue weighted by Crippen LogP contribution is -2.29. The molecule has 108 valence electrons. The molecule has 1 aromatic heterocycles. The average Bonchev–Trinajstić information content (AvgIpc) is 3.16. The van der Waals surface area contributed by atoms with Crippen LogP contribution in [0.2, 0.25) is 0 Å². The number of thioether (sulfide) groups is 1. The number of hydrogen-bond acceptors (Lipinski definition) is 3. The van der Waals surface area contributed by atoms with Crippen LogP contribution < -0.4 is 0 Å². The zero-order chi connectivity index (χ0) is 14.7. The lowest BCUT2D eigenvalue weighted by molar-refractivity contribution is -0.126. The van der Waals surface area contributed by atoms with Crippen LogP contribution >= 0.6 is 23.1 Å². The highest BCUT2D eigenvalue weighted by atomic mass is 32.2. The molecule has 0 radical (unpaired) electrons. The van der Waals surface area contributed by atoms with E-state index in [4.69, 9.17) is 0 Å². The van der Waals surface area contributed by atoms with Gasteiger partial charge < -0.3 is 4.90 Å². The van der Waals surface area contributed by atoms with Crippen molar-refractivity contribution in [1.29, 1.82) is 0 Å². The Kier molecular flexibility index (Phi) is 4.41. The van der Waals surface area contributed by atoms with Crippen molar-refractivity contribution in [3.8, 4) is 0 Å². The maximum Gasteiger partial charge on any atom is 0.247 e.